The summed E-state index contributed by atoms with van der Waals surface area (Å²) in [4.78, 5) is 14.1. The number of methoxy groups -OCH3 is 1. The van der Waals surface area contributed by atoms with Gasteiger partial charge in [0.05, 0.1) is 13.7 Å². The molecule has 19 heavy (non-hydrogen) atoms. The Kier molecular flexibility index (Phi) is 4.16. The lowest BCUT2D eigenvalue weighted by molar-refractivity contribution is -0.149. The van der Waals surface area contributed by atoms with Gasteiger partial charge in [0.1, 0.15) is 17.7 Å². The highest BCUT2D eigenvalue weighted by Crippen LogP contribution is 2.15. The molecule has 106 valence electrons. The summed E-state index contributed by atoms with van der Waals surface area (Å²) in [6, 6.07) is 0. The molecule has 1 aromatic heterocycles. The number of likely N-dealkylation sites (N-methyl/N-ethyl adjacent to an activating group) is 1. The first-order valence-electron chi connectivity index (χ1n) is 6.51. The van der Waals surface area contributed by atoms with E-state index in [1.807, 2.05) is 18.4 Å². The van der Waals surface area contributed by atoms with Crippen LogP contribution in [0.5, 0.6) is 0 Å². The van der Waals surface area contributed by atoms with E-state index in [9.17, 15) is 4.79 Å². The van der Waals surface area contributed by atoms with Gasteiger partial charge in [-0.3, -0.25) is 9.69 Å². The average Bonchev–Trinajstić information content (AvgIpc) is 2.85. The summed E-state index contributed by atoms with van der Waals surface area (Å²) in [5, 5.41) is 11.2. The van der Waals surface area contributed by atoms with Crippen LogP contribution in [0, 0.1) is 0 Å². The van der Waals surface area contributed by atoms with Crippen LogP contribution >= 0.6 is 0 Å². The number of aromatic nitrogens is 3. The molecule has 7 nitrogen and oxygen atoms in total. The molecule has 0 bridgehead atoms. The molecular formula is C12H21N5O2. The Morgan fingerprint density at radius 2 is 2.37 bits per heavy atom. The lowest BCUT2D eigenvalue weighted by Crippen LogP contribution is -2.58. The van der Waals surface area contributed by atoms with Gasteiger partial charge in [-0.2, -0.15) is 0 Å². The number of esters is 1. The molecule has 0 spiro atoms. The van der Waals surface area contributed by atoms with Gasteiger partial charge in [-0.15, -0.1) is 10.2 Å². The molecule has 0 aliphatic carbocycles. The summed E-state index contributed by atoms with van der Waals surface area (Å²) in [7, 11) is 1.42. The van der Waals surface area contributed by atoms with E-state index in [1.165, 1.54) is 7.11 Å². The standard InChI is InChI=1S/C12H21N5O2/c1-4-13-12(2,11(18)19-3)8-16-5-6-17-9-14-15-10(17)7-16/h9,13H,4-8H2,1-3H3. The van der Waals surface area contributed by atoms with Crippen molar-refractivity contribution in [2.24, 2.45) is 0 Å². The molecule has 0 aromatic carbocycles. The third-order valence-corrected chi connectivity index (χ3v) is 3.46. The smallest absolute Gasteiger partial charge is 0.327 e. The van der Waals surface area contributed by atoms with Gasteiger partial charge in [0.25, 0.3) is 0 Å². The Bertz CT molecular complexity index is 447. The van der Waals surface area contributed by atoms with Gasteiger partial charge in [0.2, 0.25) is 0 Å². The number of ether oxygens (including phenoxy) is 1. The summed E-state index contributed by atoms with van der Waals surface area (Å²) in [5.74, 6) is 0.705. The zero-order chi connectivity index (χ0) is 13.9. The number of carbonyl (C=O) groups is 1. The summed E-state index contributed by atoms with van der Waals surface area (Å²) < 4.78 is 6.94. The first-order valence-corrected chi connectivity index (χ1v) is 6.51. The Balaban J connectivity index is 2.05. The van der Waals surface area contributed by atoms with Crippen molar-refractivity contribution in [1.82, 2.24) is 25.0 Å². The average molecular weight is 267 g/mol. The first-order chi connectivity index (χ1) is 9.09. The van der Waals surface area contributed by atoms with Gasteiger partial charge in [-0.1, -0.05) is 6.92 Å². The zero-order valence-corrected chi connectivity index (χ0v) is 11.7. The molecule has 1 aliphatic rings. The zero-order valence-electron chi connectivity index (χ0n) is 11.7. The van der Waals surface area contributed by atoms with Gasteiger partial charge >= 0.3 is 5.97 Å². The second-order valence-corrected chi connectivity index (χ2v) is 5.01. The minimum absolute atomic E-state index is 0.235. The van der Waals surface area contributed by atoms with Crippen molar-refractivity contribution in [2.45, 2.75) is 32.5 Å². The summed E-state index contributed by atoms with van der Waals surface area (Å²) >= 11 is 0. The SMILES string of the molecule is CCNC(C)(CN1CCn2cnnc2C1)C(=O)OC. The Labute approximate surface area is 112 Å². The Morgan fingerprint density at radius 1 is 1.58 bits per heavy atom. The third kappa shape index (κ3) is 2.93. The molecule has 0 saturated carbocycles. The van der Waals surface area contributed by atoms with Gasteiger partial charge in [-0.05, 0) is 13.5 Å². The lowest BCUT2D eigenvalue weighted by Gasteiger charge is -2.35. The molecule has 0 fully saturated rings. The largest absolute Gasteiger partial charge is 0.468 e. The number of nitrogens with zero attached hydrogens (tertiary/aromatic N) is 4. The molecule has 7 heteroatoms. The maximum absolute atomic E-state index is 11.9. The van der Waals surface area contributed by atoms with E-state index >= 15 is 0 Å². The van der Waals surface area contributed by atoms with Crippen molar-refractivity contribution in [2.75, 3.05) is 26.7 Å². The van der Waals surface area contributed by atoms with Gasteiger partial charge in [0, 0.05) is 19.6 Å². The summed E-state index contributed by atoms with van der Waals surface area (Å²) in [5.41, 5.74) is -0.689. The highest BCUT2D eigenvalue weighted by molar-refractivity contribution is 5.80. The number of carbonyl (C=O) groups excluding carboxylic acids is 1. The van der Waals surface area contributed by atoms with Crippen molar-refractivity contribution < 1.29 is 9.53 Å². The van der Waals surface area contributed by atoms with Crippen LogP contribution in [0.25, 0.3) is 0 Å². The van der Waals surface area contributed by atoms with Crippen LogP contribution in [0.15, 0.2) is 6.33 Å². The molecule has 2 rings (SSSR count). The molecule has 1 aliphatic heterocycles. The van der Waals surface area contributed by atoms with Crippen LogP contribution in [0.1, 0.15) is 19.7 Å². The van der Waals surface area contributed by atoms with Gasteiger partial charge < -0.3 is 14.6 Å². The number of rotatable bonds is 5. The topological polar surface area (TPSA) is 72.3 Å². The third-order valence-electron chi connectivity index (χ3n) is 3.46. The van der Waals surface area contributed by atoms with Crippen molar-refractivity contribution in [1.29, 1.82) is 0 Å². The van der Waals surface area contributed by atoms with Crippen LogP contribution in [-0.2, 0) is 22.6 Å². The first kappa shape index (κ1) is 14.0. The highest BCUT2D eigenvalue weighted by atomic mass is 16.5. The molecule has 0 saturated heterocycles. The molecule has 1 aromatic rings. The van der Waals surface area contributed by atoms with Crippen molar-refractivity contribution in [3.8, 4) is 0 Å². The molecular weight excluding hydrogens is 246 g/mol. The second kappa shape index (κ2) is 5.66. The number of nitrogens with one attached hydrogen (secondary N) is 1. The maximum atomic E-state index is 11.9. The van der Waals surface area contributed by atoms with Gasteiger partial charge in [-0.25, -0.2) is 0 Å². The van der Waals surface area contributed by atoms with E-state index in [-0.39, 0.29) is 5.97 Å². The number of fused-ring (bicyclic) bond motifs is 1. The van der Waals surface area contributed by atoms with Crippen LogP contribution in [0.2, 0.25) is 0 Å². The van der Waals surface area contributed by atoms with Crippen molar-refractivity contribution in [3.63, 3.8) is 0 Å². The summed E-state index contributed by atoms with van der Waals surface area (Å²) in [6.45, 7) is 7.61. The van der Waals surface area contributed by atoms with Crippen molar-refractivity contribution >= 4 is 5.97 Å². The quantitative estimate of drug-likeness (QED) is 0.734. The van der Waals surface area contributed by atoms with Crippen LogP contribution in [0.3, 0.4) is 0 Å². The van der Waals surface area contributed by atoms with E-state index in [4.69, 9.17) is 4.74 Å². The van der Waals surface area contributed by atoms with E-state index in [1.54, 1.807) is 6.33 Å². The van der Waals surface area contributed by atoms with Crippen molar-refractivity contribution in [3.05, 3.63) is 12.2 Å². The predicted molar refractivity (Wildman–Crippen MR) is 69.4 cm³/mol. The van der Waals surface area contributed by atoms with Crippen LogP contribution < -0.4 is 5.32 Å². The minimum atomic E-state index is -0.689. The fourth-order valence-corrected chi connectivity index (χ4v) is 2.51. The molecule has 0 amide bonds. The highest BCUT2D eigenvalue weighted by Gasteiger charge is 2.36. The van der Waals surface area contributed by atoms with Crippen LogP contribution in [0.4, 0.5) is 0 Å². The Hall–Kier alpha value is -1.47. The van der Waals surface area contributed by atoms with E-state index in [0.717, 1.165) is 25.5 Å². The summed E-state index contributed by atoms with van der Waals surface area (Å²) in [6.07, 6.45) is 1.75. The number of hydrogen-bond acceptors (Lipinski definition) is 6. The fourth-order valence-electron chi connectivity index (χ4n) is 2.51. The molecule has 1 atom stereocenters. The van der Waals surface area contributed by atoms with E-state index < -0.39 is 5.54 Å². The molecule has 1 N–H and O–H groups in total. The maximum Gasteiger partial charge on any atom is 0.327 e. The minimum Gasteiger partial charge on any atom is -0.468 e. The lowest BCUT2D eigenvalue weighted by atomic mass is 10.0. The number of hydrogen-bond donors (Lipinski definition) is 1. The van der Waals surface area contributed by atoms with E-state index in [0.29, 0.717) is 13.1 Å². The van der Waals surface area contributed by atoms with E-state index in [2.05, 4.69) is 20.4 Å². The van der Waals surface area contributed by atoms with Crippen LogP contribution in [-0.4, -0.2) is 57.9 Å². The van der Waals surface area contributed by atoms with Gasteiger partial charge in [0.15, 0.2) is 0 Å². The Morgan fingerprint density at radius 3 is 3.05 bits per heavy atom. The monoisotopic (exact) mass is 267 g/mol. The predicted octanol–water partition coefficient (Wildman–Crippen LogP) is -0.365. The fraction of sp³-hybridized carbons (Fsp3) is 0.750. The second-order valence-electron chi connectivity index (χ2n) is 5.01. The molecule has 2 heterocycles. The molecule has 1 unspecified atom stereocenters. The normalized spacial score (nSPS) is 18.7. The molecule has 0 radical (unpaired) electrons.